The predicted octanol–water partition coefficient (Wildman–Crippen LogP) is 4.03. The molecule has 0 saturated heterocycles. The highest BCUT2D eigenvalue weighted by Crippen LogP contribution is 2.30. The lowest BCUT2D eigenvalue weighted by atomic mass is 10.1. The predicted molar refractivity (Wildman–Crippen MR) is 87.9 cm³/mol. The van der Waals surface area contributed by atoms with Crippen LogP contribution in [0.2, 0.25) is 0 Å². The molecule has 0 radical (unpaired) electrons. The Kier molecular flexibility index (Phi) is 4.90. The topological polar surface area (TPSA) is 25.4 Å². The van der Waals surface area contributed by atoms with Crippen LogP contribution in [0.15, 0.2) is 67.6 Å². The van der Waals surface area contributed by atoms with Gasteiger partial charge in [-0.2, -0.15) is 0 Å². The van der Waals surface area contributed by atoms with Gasteiger partial charge >= 0.3 is 0 Å². The largest absolute Gasteiger partial charge is 0.378 e. The number of nitrogens with zero attached hydrogens (tertiary/aromatic N) is 2. The molecule has 2 rings (SSSR count). The Balaban J connectivity index is 2.45. The number of rotatable bonds is 6. The average molecular weight is 280 g/mol. The SMILES string of the molecule is C=C(COC)N(C(=C)c1ccncc1)c1ccccc1C. The van der Waals surface area contributed by atoms with E-state index in [9.17, 15) is 0 Å². The van der Waals surface area contributed by atoms with Crippen molar-refractivity contribution in [3.8, 4) is 0 Å². The van der Waals surface area contributed by atoms with Crippen molar-refractivity contribution in [1.82, 2.24) is 4.98 Å². The molecule has 0 spiro atoms. The third-order valence-electron chi connectivity index (χ3n) is 3.27. The molecule has 0 saturated carbocycles. The molecule has 0 bridgehead atoms. The normalized spacial score (nSPS) is 10.2. The maximum Gasteiger partial charge on any atom is 0.0861 e. The Morgan fingerprint density at radius 2 is 1.81 bits per heavy atom. The zero-order valence-corrected chi connectivity index (χ0v) is 12.5. The molecule has 0 fully saturated rings. The van der Waals surface area contributed by atoms with E-state index in [0.717, 1.165) is 28.2 Å². The summed E-state index contributed by atoms with van der Waals surface area (Å²) >= 11 is 0. The summed E-state index contributed by atoms with van der Waals surface area (Å²) < 4.78 is 5.24. The molecule has 108 valence electrons. The molecule has 1 aromatic carbocycles. The first-order chi connectivity index (χ1) is 10.1. The van der Waals surface area contributed by atoms with E-state index in [4.69, 9.17) is 4.74 Å². The first-order valence-electron chi connectivity index (χ1n) is 6.77. The average Bonchev–Trinajstić information content (AvgIpc) is 2.50. The highest BCUT2D eigenvalue weighted by molar-refractivity contribution is 5.82. The van der Waals surface area contributed by atoms with Crippen LogP contribution in [-0.2, 0) is 4.74 Å². The molecule has 1 aromatic heterocycles. The second-order valence-electron chi connectivity index (χ2n) is 4.80. The molecule has 21 heavy (non-hydrogen) atoms. The van der Waals surface area contributed by atoms with Crippen molar-refractivity contribution in [2.24, 2.45) is 0 Å². The molecule has 0 aliphatic carbocycles. The molecular formula is C18H20N2O. The molecule has 2 aromatic rings. The smallest absolute Gasteiger partial charge is 0.0861 e. The van der Waals surface area contributed by atoms with Crippen molar-refractivity contribution in [2.75, 3.05) is 18.6 Å². The number of pyridine rings is 1. The van der Waals surface area contributed by atoms with Crippen molar-refractivity contribution in [1.29, 1.82) is 0 Å². The summed E-state index contributed by atoms with van der Waals surface area (Å²) in [6.45, 7) is 10.9. The van der Waals surface area contributed by atoms with Crippen LogP contribution < -0.4 is 4.90 Å². The molecule has 0 unspecified atom stereocenters. The Bertz CT molecular complexity index is 635. The zero-order chi connectivity index (χ0) is 15.2. The minimum Gasteiger partial charge on any atom is -0.378 e. The number of methoxy groups -OCH3 is 1. The fourth-order valence-electron chi connectivity index (χ4n) is 2.23. The van der Waals surface area contributed by atoms with Crippen molar-refractivity contribution >= 4 is 11.4 Å². The summed E-state index contributed by atoms with van der Waals surface area (Å²) in [7, 11) is 1.66. The lowest BCUT2D eigenvalue weighted by Crippen LogP contribution is -2.23. The Morgan fingerprint density at radius 1 is 1.14 bits per heavy atom. The zero-order valence-electron chi connectivity index (χ0n) is 12.5. The molecule has 3 nitrogen and oxygen atoms in total. The summed E-state index contributed by atoms with van der Waals surface area (Å²) in [5.41, 5.74) is 4.92. The summed E-state index contributed by atoms with van der Waals surface area (Å²) in [6, 6.07) is 12.0. The van der Waals surface area contributed by atoms with Crippen LogP contribution in [0.1, 0.15) is 11.1 Å². The standard InChI is InChI=1S/C18H20N2O/c1-14-7-5-6-8-18(14)20(15(2)13-21-4)16(3)17-9-11-19-12-10-17/h5-12H,2-3,13H2,1,4H3. The van der Waals surface area contributed by atoms with Crippen molar-refractivity contribution in [2.45, 2.75) is 6.92 Å². The molecular weight excluding hydrogens is 260 g/mol. The van der Waals surface area contributed by atoms with Gasteiger partial charge in [-0.1, -0.05) is 31.4 Å². The summed E-state index contributed by atoms with van der Waals surface area (Å²) in [4.78, 5) is 6.09. The minimum absolute atomic E-state index is 0.443. The van der Waals surface area contributed by atoms with Gasteiger partial charge in [0, 0.05) is 42.1 Å². The maximum absolute atomic E-state index is 5.24. The van der Waals surface area contributed by atoms with Gasteiger partial charge in [0.15, 0.2) is 0 Å². The van der Waals surface area contributed by atoms with Gasteiger partial charge in [-0.15, -0.1) is 0 Å². The number of ether oxygens (including phenoxy) is 1. The summed E-state index contributed by atoms with van der Waals surface area (Å²) in [5, 5.41) is 0. The molecule has 0 aliphatic rings. The quantitative estimate of drug-likeness (QED) is 0.799. The van der Waals surface area contributed by atoms with E-state index in [1.807, 2.05) is 29.2 Å². The van der Waals surface area contributed by atoms with E-state index in [-0.39, 0.29) is 0 Å². The molecule has 0 atom stereocenters. The lowest BCUT2D eigenvalue weighted by molar-refractivity contribution is 0.225. The number of aryl methyl sites for hydroxylation is 1. The van der Waals surface area contributed by atoms with Gasteiger partial charge in [-0.25, -0.2) is 0 Å². The van der Waals surface area contributed by atoms with Gasteiger partial charge in [0.1, 0.15) is 0 Å². The van der Waals surface area contributed by atoms with Crippen LogP contribution in [0.3, 0.4) is 0 Å². The van der Waals surface area contributed by atoms with Crippen LogP contribution in [0.25, 0.3) is 5.70 Å². The second-order valence-corrected chi connectivity index (χ2v) is 4.80. The van der Waals surface area contributed by atoms with E-state index in [1.54, 1.807) is 19.5 Å². The highest BCUT2D eigenvalue weighted by Gasteiger charge is 2.17. The third kappa shape index (κ3) is 3.38. The first-order valence-corrected chi connectivity index (χ1v) is 6.77. The Labute approximate surface area is 126 Å². The van der Waals surface area contributed by atoms with Crippen LogP contribution in [0.5, 0.6) is 0 Å². The van der Waals surface area contributed by atoms with Gasteiger partial charge in [0.2, 0.25) is 0 Å². The molecule has 0 amide bonds. The number of anilines is 1. The summed E-state index contributed by atoms with van der Waals surface area (Å²) in [5.74, 6) is 0. The maximum atomic E-state index is 5.24. The van der Waals surface area contributed by atoms with E-state index in [1.165, 1.54) is 0 Å². The highest BCUT2D eigenvalue weighted by atomic mass is 16.5. The van der Waals surface area contributed by atoms with Crippen LogP contribution in [0, 0.1) is 6.92 Å². The summed E-state index contributed by atoms with van der Waals surface area (Å²) in [6.07, 6.45) is 3.52. The fraction of sp³-hybridized carbons (Fsp3) is 0.167. The Morgan fingerprint density at radius 3 is 2.43 bits per heavy atom. The van der Waals surface area contributed by atoms with Crippen LogP contribution >= 0.6 is 0 Å². The van der Waals surface area contributed by atoms with Crippen molar-refractivity contribution in [3.05, 3.63) is 78.8 Å². The van der Waals surface area contributed by atoms with Gasteiger partial charge in [-0.3, -0.25) is 4.98 Å². The molecule has 1 heterocycles. The lowest BCUT2D eigenvalue weighted by Gasteiger charge is -2.30. The van der Waals surface area contributed by atoms with Gasteiger partial charge in [-0.05, 0) is 30.7 Å². The first kappa shape index (κ1) is 15.0. The monoisotopic (exact) mass is 280 g/mol. The molecule has 0 aliphatic heterocycles. The van der Waals surface area contributed by atoms with E-state index < -0.39 is 0 Å². The van der Waals surface area contributed by atoms with E-state index in [2.05, 4.69) is 37.2 Å². The van der Waals surface area contributed by atoms with Crippen molar-refractivity contribution in [3.63, 3.8) is 0 Å². The number of hydrogen-bond donors (Lipinski definition) is 0. The minimum atomic E-state index is 0.443. The van der Waals surface area contributed by atoms with Gasteiger partial charge in [0.05, 0.1) is 6.61 Å². The molecule has 0 N–H and O–H groups in total. The van der Waals surface area contributed by atoms with Gasteiger partial charge < -0.3 is 9.64 Å². The van der Waals surface area contributed by atoms with Crippen LogP contribution in [0.4, 0.5) is 5.69 Å². The van der Waals surface area contributed by atoms with Crippen LogP contribution in [-0.4, -0.2) is 18.7 Å². The van der Waals surface area contributed by atoms with Crippen molar-refractivity contribution < 1.29 is 4.74 Å². The number of benzene rings is 1. The third-order valence-corrected chi connectivity index (χ3v) is 3.27. The Hall–Kier alpha value is -2.39. The van der Waals surface area contributed by atoms with E-state index >= 15 is 0 Å². The number of hydrogen-bond acceptors (Lipinski definition) is 3. The number of aromatic nitrogens is 1. The second kappa shape index (κ2) is 6.86. The number of para-hydroxylation sites is 1. The van der Waals surface area contributed by atoms with Gasteiger partial charge in [0.25, 0.3) is 0 Å². The fourth-order valence-corrected chi connectivity index (χ4v) is 2.23. The van der Waals surface area contributed by atoms with E-state index in [0.29, 0.717) is 6.61 Å². The molecule has 3 heteroatoms.